The lowest BCUT2D eigenvalue weighted by Crippen LogP contribution is -2.48. The number of hydrogen-bond donors (Lipinski definition) is 3. The second kappa shape index (κ2) is 9.57. The van der Waals surface area contributed by atoms with Crippen LogP contribution in [0.3, 0.4) is 0 Å². The van der Waals surface area contributed by atoms with E-state index in [-0.39, 0.29) is 18.1 Å². The van der Waals surface area contributed by atoms with Crippen LogP contribution in [-0.4, -0.2) is 36.9 Å². The first-order valence-corrected chi connectivity index (χ1v) is 10.2. The number of halogens is 1. The van der Waals surface area contributed by atoms with E-state index in [0.29, 0.717) is 6.42 Å². The van der Waals surface area contributed by atoms with Crippen molar-refractivity contribution >= 4 is 0 Å². The maximum Gasteiger partial charge on any atom is 0.110 e. The zero-order chi connectivity index (χ0) is 20.9. The van der Waals surface area contributed by atoms with Crippen molar-refractivity contribution in [2.75, 3.05) is 14.1 Å². The van der Waals surface area contributed by atoms with E-state index < -0.39 is 5.67 Å². The molecule has 3 unspecified atom stereocenters. The van der Waals surface area contributed by atoms with E-state index in [1.807, 2.05) is 46.4 Å². The van der Waals surface area contributed by atoms with Gasteiger partial charge < -0.3 is 16.0 Å². The number of rotatable bonds is 8. The predicted molar refractivity (Wildman–Crippen MR) is 116 cm³/mol. The van der Waals surface area contributed by atoms with Crippen molar-refractivity contribution in [3.05, 3.63) is 58.9 Å². The third-order valence-corrected chi connectivity index (χ3v) is 5.98. The van der Waals surface area contributed by atoms with Gasteiger partial charge in [-0.2, -0.15) is 0 Å². The van der Waals surface area contributed by atoms with Crippen molar-refractivity contribution in [2.24, 2.45) is 11.7 Å². The maximum atomic E-state index is 14.5. The molecule has 1 aliphatic heterocycles. The van der Waals surface area contributed by atoms with Gasteiger partial charge >= 0.3 is 0 Å². The number of nitrogens with one attached hydrogen (secondary N) is 2. The van der Waals surface area contributed by atoms with Gasteiger partial charge in [0.2, 0.25) is 0 Å². The summed E-state index contributed by atoms with van der Waals surface area (Å²) in [7, 11) is 3.96. The lowest BCUT2D eigenvalue weighted by molar-refractivity contribution is 0.112. The molecule has 5 heteroatoms. The molecule has 4 N–H and O–H groups in total. The summed E-state index contributed by atoms with van der Waals surface area (Å²) in [6, 6.07) is 6.35. The Bertz CT molecular complexity index is 709. The van der Waals surface area contributed by atoms with Gasteiger partial charge in [-0.1, -0.05) is 32.0 Å². The number of likely N-dealkylation sites (N-methyl/N-ethyl adjacent to an activating group) is 2. The first-order valence-electron chi connectivity index (χ1n) is 10.2. The molecule has 0 aromatic heterocycles. The topological polar surface area (TPSA) is 53.3 Å². The van der Waals surface area contributed by atoms with Crippen LogP contribution in [0, 0.1) is 12.8 Å². The van der Waals surface area contributed by atoms with Gasteiger partial charge in [0.05, 0.1) is 6.04 Å². The monoisotopic (exact) mass is 388 g/mol. The van der Waals surface area contributed by atoms with Gasteiger partial charge in [-0.25, -0.2) is 4.39 Å². The lowest BCUT2D eigenvalue weighted by Gasteiger charge is -2.34. The van der Waals surface area contributed by atoms with Crippen LogP contribution in [-0.2, 0) is 13.0 Å². The van der Waals surface area contributed by atoms with Crippen LogP contribution >= 0.6 is 0 Å². The average molecular weight is 389 g/mol. The summed E-state index contributed by atoms with van der Waals surface area (Å²) in [5, 5.41) is 6.69. The van der Waals surface area contributed by atoms with Crippen LogP contribution in [0.15, 0.2) is 42.2 Å². The Morgan fingerprint density at radius 3 is 2.68 bits per heavy atom. The van der Waals surface area contributed by atoms with Crippen molar-refractivity contribution in [2.45, 2.75) is 65.0 Å². The molecule has 28 heavy (non-hydrogen) atoms. The van der Waals surface area contributed by atoms with Crippen LogP contribution in [0.25, 0.3) is 0 Å². The third kappa shape index (κ3) is 5.58. The largest absolute Gasteiger partial charge is 0.387 e. The molecule has 0 saturated heterocycles. The minimum absolute atomic E-state index is 0.0331. The highest BCUT2D eigenvalue weighted by atomic mass is 19.1. The molecule has 0 radical (unpaired) electrons. The molecule has 1 aromatic rings. The molecule has 0 fully saturated rings. The predicted octanol–water partition coefficient (Wildman–Crippen LogP) is 3.62. The summed E-state index contributed by atoms with van der Waals surface area (Å²) in [6.45, 7) is 8.44. The third-order valence-electron chi connectivity index (χ3n) is 5.98. The minimum Gasteiger partial charge on any atom is -0.387 e. The number of aryl methyl sites for hydroxylation is 2. The smallest absolute Gasteiger partial charge is 0.110 e. The van der Waals surface area contributed by atoms with Crippen molar-refractivity contribution in [3.63, 3.8) is 0 Å². The van der Waals surface area contributed by atoms with Gasteiger partial charge in [0.25, 0.3) is 0 Å². The van der Waals surface area contributed by atoms with Crippen LogP contribution in [0.2, 0.25) is 0 Å². The molecular formula is C23H37FN4. The standard InChI is InChI=1S/C23H37FN4/c1-16(2)23(4,24)11-9-19-8-7-18(13-17(19)3)14-27-15-20-21(25)10-12-28(6)22(20)26-5/h7-8,10,12-13,15-16,21-22,26-27H,9,11,14,25H2,1-6H3/b20-15+. The molecule has 1 aromatic carbocycles. The van der Waals surface area contributed by atoms with Gasteiger partial charge in [-0.05, 0) is 68.6 Å². The molecule has 0 spiro atoms. The van der Waals surface area contributed by atoms with E-state index in [2.05, 4.69) is 40.7 Å². The normalized spacial score (nSPS) is 23.3. The molecule has 1 heterocycles. The number of hydrogen-bond acceptors (Lipinski definition) is 4. The van der Waals surface area contributed by atoms with Gasteiger partial charge in [-0.3, -0.25) is 5.32 Å². The van der Waals surface area contributed by atoms with Crippen molar-refractivity contribution in [1.29, 1.82) is 0 Å². The van der Waals surface area contributed by atoms with Crippen LogP contribution in [0.1, 0.15) is 43.9 Å². The Kier molecular flexibility index (Phi) is 7.67. The second-order valence-corrected chi connectivity index (χ2v) is 8.44. The van der Waals surface area contributed by atoms with E-state index in [9.17, 15) is 4.39 Å². The van der Waals surface area contributed by atoms with Crippen molar-refractivity contribution in [1.82, 2.24) is 15.5 Å². The molecular weight excluding hydrogens is 351 g/mol. The fraction of sp³-hybridized carbons (Fsp3) is 0.565. The van der Waals surface area contributed by atoms with E-state index in [1.54, 1.807) is 6.92 Å². The van der Waals surface area contributed by atoms with Crippen LogP contribution in [0.5, 0.6) is 0 Å². The number of nitrogens with zero attached hydrogens (tertiary/aromatic N) is 1. The molecule has 3 atom stereocenters. The molecule has 0 saturated carbocycles. The molecule has 0 amide bonds. The highest BCUT2D eigenvalue weighted by molar-refractivity contribution is 5.32. The van der Waals surface area contributed by atoms with Gasteiger partial charge in [0, 0.05) is 25.4 Å². The quantitative estimate of drug-likeness (QED) is 0.637. The zero-order valence-corrected chi connectivity index (χ0v) is 18.2. The van der Waals surface area contributed by atoms with E-state index in [0.717, 1.165) is 18.5 Å². The summed E-state index contributed by atoms with van der Waals surface area (Å²) in [5.41, 5.74) is 9.87. The highest BCUT2D eigenvalue weighted by Crippen LogP contribution is 2.28. The number of benzene rings is 1. The number of nitrogens with two attached hydrogens (primary N) is 1. The lowest BCUT2D eigenvalue weighted by atomic mass is 9.87. The Balaban J connectivity index is 1.98. The maximum absolute atomic E-state index is 14.5. The fourth-order valence-corrected chi connectivity index (χ4v) is 3.49. The summed E-state index contributed by atoms with van der Waals surface area (Å²) in [4.78, 5) is 2.10. The van der Waals surface area contributed by atoms with Gasteiger partial charge in [0.15, 0.2) is 0 Å². The summed E-state index contributed by atoms with van der Waals surface area (Å²) < 4.78 is 14.5. The summed E-state index contributed by atoms with van der Waals surface area (Å²) in [5.74, 6) is 0.0331. The molecule has 0 bridgehead atoms. The Morgan fingerprint density at radius 1 is 1.36 bits per heavy atom. The van der Waals surface area contributed by atoms with Gasteiger partial charge in [0.1, 0.15) is 11.8 Å². The van der Waals surface area contributed by atoms with E-state index >= 15 is 0 Å². The average Bonchev–Trinajstić information content (AvgIpc) is 2.63. The van der Waals surface area contributed by atoms with Crippen molar-refractivity contribution < 1.29 is 4.39 Å². The molecule has 2 rings (SSSR count). The zero-order valence-electron chi connectivity index (χ0n) is 18.2. The summed E-state index contributed by atoms with van der Waals surface area (Å²) >= 11 is 0. The first kappa shape index (κ1) is 22.4. The highest BCUT2D eigenvalue weighted by Gasteiger charge is 2.27. The molecule has 4 nitrogen and oxygen atoms in total. The Labute approximate surface area is 170 Å². The SMILES string of the molecule is CNC1/C(=C/NCc2ccc(CCC(C)(F)C(C)C)c(C)c2)C(N)C=CN1C. The van der Waals surface area contributed by atoms with Crippen molar-refractivity contribution in [3.8, 4) is 0 Å². The Hall–Kier alpha value is -1.85. The fourth-order valence-electron chi connectivity index (χ4n) is 3.49. The van der Waals surface area contributed by atoms with Crippen LogP contribution < -0.4 is 16.4 Å². The number of alkyl halides is 1. The van der Waals surface area contributed by atoms with Gasteiger partial charge in [-0.15, -0.1) is 0 Å². The Morgan fingerprint density at radius 2 is 2.07 bits per heavy atom. The molecule has 0 aliphatic carbocycles. The van der Waals surface area contributed by atoms with E-state index in [4.69, 9.17) is 5.73 Å². The minimum atomic E-state index is -1.12. The molecule has 1 aliphatic rings. The van der Waals surface area contributed by atoms with E-state index in [1.165, 1.54) is 16.7 Å². The van der Waals surface area contributed by atoms with Crippen LogP contribution in [0.4, 0.5) is 4.39 Å². The molecule has 156 valence electrons. The summed E-state index contributed by atoms with van der Waals surface area (Å²) in [6.07, 6.45) is 7.44. The first-order chi connectivity index (χ1) is 13.2. The second-order valence-electron chi connectivity index (χ2n) is 8.44.